The summed E-state index contributed by atoms with van der Waals surface area (Å²) in [6.07, 6.45) is 5.39. The molecule has 0 saturated heterocycles. The van der Waals surface area contributed by atoms with Gasteiger partial charge in [-0.05, 0) is 42.6 Å². The second-order valence-electron chi connectivity index (χ2n) is 5.45. The molecule has 0 radical (unpaired) electrons. The van der Waals surface area contributed by atoms with Crippen LogP contribution in [0.25, 0.3) is 11.3 Å². The molecule has 0 N–H and O–H groups in total. The number of hydrogen-bond acceptors (Lipinski definition) is 5. The molecule has 3 aromatic rings. The molecule has 1 aromatic carbocycles. The van der Waals surface area contributed by atoms with Crippen LogP contribution in [0.1, 0.15) is 23.7 Å². The van der Waals surface area contributed by atoms with E-state index in [1.54, 1.807) is 37.6 Å². The molecule has 0 fully saturated rings. The minimum atomic E-state index is -0.293. The number of halogens is 2. The van der Waals surface area contributed by atoms with E-state index in [1.165, 1.54) is 6.07 Å². The van der Waals surface area contributed by atoms with Crippen molar-refractivity contribution in [2.24, 2.45) is 0 Å². The summed E-state index contributed by atoms with van der Waals surface area (Å²) in [5.41, 5.74) is 3.25. The van der Waals surface area contributed by atoms with Crippen molar-refractivity contribution in [1.82, 2.24) is 19.9 Å². The summed E-state index contributed by atoms with van der Waals surface area (Å²) in [6.45, 7) is 4.02. The molecule has 2 aromatic heterocycles. The number of aryl methyl sites for hydroxylation is 1. The highest BCUT2D eigenvalue weighted by molar-refractivity contribution is 6.28. The number of benzene rings is 1. The monoisotopic (exact) mass is 358 g/mol. The van der Waals surface area contributed by atoms with Gasteiger partial charge in [0.05, 0.1) is 18.5 Å². The van der Waals surface area contributed by atoms with Crippen molar-refractivity contribution < 1.29 is 9.13 Å². The van der Waals surface area contributed by atoms with Crippen LogP contribution in [-0.2, 0) is 6.42 Å². The van der Waals surface area contributed by atoms with Crippen molar-refractivity contribution in [2.75, 3.05) is 6.61 Å². The van der Waals surface area contributed by atoms with Crippen LogP contribution in [0.15, 0.2) is 36.8 Å². The average molecular weight is 359 g/mol. The van der Waals surface area contributed by atoms with Crippen LogP contribution in [0.2, 0.25) is 5.28 Å². The lowest BCUT2D eigenvalue weighted by atomic mass is 10.1. The van der Waals surface area contributed by atoms with Crippen molar-refractivity contribution in [3.63, 3.8) is 0 Å². The fraction of sp³-hybridized carbons (Fsp3) is 0.222. The van der Waals surface area contributed by atoms with Crippen molar-refractivity contribution >= 4 is 11.6 Å². The first-order chi connectivity index (χ1) is 12.1. The summed E-state index contributed by atoms with van der Waals surface area (Å²) in [5.74, 6) is 0.0834. The van der Waals surface area contributed by atoms with Gasteiger partial charge in [-0.25, -0.2) is 24.3 Å². The molecule has 0 aliphatic heterocycles. The molecule has 5 nitrogen and oxygen atoms in total. The lowest BCUT2D eigenvalue weighted by molar-refractivity contribution is 0.326. The molecular weight excluding hydrogens is 343 g/mol. The summed E-state index contributed by atoms with van der Waals surface area (Å²) in [7, 11) is 0. The Labute approximate surface area is 149 Å². The second-order valence-corrected chi connectivity index (χ2v) is 5.79. The smallest absolute Gasteiger partial charge is 0.240 e. The van der Waals surface area contributed by atoms with Gasteiger partial charge in [0.25, 0.3) is 0 Å². The van der Waals surface area contributed by atoms with Gasteiger partial charge < -0.3 is 4.74 Å². The zero-order chi connectivity index (χ0) is 17.8. The molecular formula is C18H16ClFN4O. The maximum absolute atomic E-state index is 13.9. The molecule has 0 unspecified atom stereocenters. The number of aromatic nitrogens is 4. The van der Waals surface area contributed by atoms with E-state index in [9.17, 15) is 4.39 Å². The molecule has 0 spiro atoms. The highest BCUT2D eigenvalue weighted by atomic mass is 35.5. The van der Waals surface area contributed by atoms with E-state index < -0.39 is 0 Å². The van der Waals surface area contributed by atoms with E-state index in [1.807, 2.05) is 6.92 Å². The van der Waals surface area contributed by atoms with Crippen LogP contribution in [-0.4, -0.2) is 26.5 Å². The Morgan fingerprint density at radius 3 is 2.56 bits per heavy atom. The van der Waals surface area contributed by atoms with Gasteiger partial charge in [0.15, 0.2) is 0 Å². The van der Waals surface area contributed by atoms with Gasteiger partial charge in [-0.3, -0.25) is 0 Å². The normalized spacial score (nSPS) is 10.7. The molecule has 0 amide bonds. The summed E-state index contributed by atoms with van der Waals surface area (Å²) in [6, 6.07) is 4.96. The number of nitrogens with zero attached hydrogens (tertiary/aromatic N) is 4. The topological polar surface area (TPSA) is 60.8 Å². The van der Waals surface area contributed by atoms with Crippen molar-refractivity contribution in [2.45, 2.75) is 20.3 Å². The van der Waals surface area contributed by atoms with Crippen LogP contribution in [0.4, 0.5) is 4.39 Å². The predicted molar refractivity (Wildman–Crippen MR) is 93.2 cm³/mol. The third kappa shape index (κ3) is 4.09. The summed E-state index contributed by atoms with van der Waals surface area (Å²) < 4.78 is 19.5. The lowest BCUT2D eigenvalue weighted by Gasteiger charge is -2.11. The van der Waals surface area contributed by atoms with Gasteiger partial charge in [-0.1, -0.05) is 12.1 Å². The molecule has 0 aliphatic rings. The molecule has 0 atom stereocenters. The van der Waals surface area contributed by atoms with Crippen LogP contribution in [0.3, 0.4) is 0 Å². The Hall–Kier alpha value is -2.60. The molecule has 0 saturated carbocycles. The molecule has 0 aliphatic carbocycles. The highest BCUT2D eigenvalue weighted by Crippen LogP contribution is 2.28. The van der Waals surface area contributed by atoms with Crippen LogP contribution < -0.4 is 4.74 Å². The van der Waals surface area contributed by atoms with E-state index in [0.717, 1.165) is 5.56 Å². The minimum absolute atomic E-state index is 0.192. The fourth-order valence-corrected chi connectivity index (χ4v) is 2.41. The summed E-state index contributed by atoms with van der Waals surface area (Å²) in [5, 5.41) is 0.192. The van der Waals surface area contributed by atoms with E-state index in [0.29, 0.717) is 41.4 Å². The Balaban J connectivity index is 1.99. The summed E-state index contributed by atoms with van der Waals surface area (Å²) >= 11 is 5.70. The first-order valence-electron chi connectivity index (χ1n) is 7.78. The quantitative estimate of drug-likeness (QED) is 0.644. The molecule has 7 heteroatoms. The van der Waals surface area contributed by atoms with Crippen molar-refractivity contribution in [3.05, 3.63) is 64.7 Å². The zero-order valence-electron chi connectivity index (χ0n) is 13.8. The highest BCUT2D eigenvalue weighted by Gasteiger charge is 2.13. The summed E-state index contributed by atoms with van der Waals surface area (Å²) in [4.78, 5) is 16.9. The first-order valence-corrected chi connectivity index (χ1v) is 8.16. The van der Waals surface area contributed by atoms with Gasteiger partial charge in [0.1, 0.15) is 11.5 Å². The Kier molecular flexibility index (Phi) is 5.19. The Morgan fingerprint density at radius 2 is 1.88 bits per heavy atom. The number of ether oxygens (including phenoxy) is 1. The molecule has 128 valence electrons. The molecule has 2 heterocycles. The Morgan fingerprint density at radius 1 is 1.12 bits per heavy atom. The average Bonchev–Trinajstić information content (AvgIpc) is 2.61. The van der Waals surface area contributed by atoms with E-state index >= 15 is 0 Å². The third-order valence-electron chi connectivity index (χ3n) is 3.57. The maximum atomic E-state index is 13.9. The minimum Gasteiger partial charge on any atom is -0.476 e. The Bertz CT molecular complexity index is 887. The number of rotatable bonds is 5. The molecule has 3 rings (SSSR count). The van der Waals surface area contributed by atoms with E-state index in [2.05, 4.69) is 19.9 Å². The van der Waals surface area contributed by atoms with Crippen molar-refractivity contribution in [1.29, 1.82) is 0 Å². The van der Waals surface area contributed by atoms with Gasteiger partial charge in [-0.2, -0.15) is 0 Å². The largest absolute Gasteiger partial charge is 0.476 e. The van der Waals surface area contributed by atoms with Crippen LogP contribution in [0.5, 0.6) is 5.88 Å². The van der Waals surface area contributed by atoms with Crippen LogP contribution >= 0.6 is 11.6 Å². The van der Waals surface area contributed by atoms with Gasteiger partial charge >= 0.3 is 0 Å². The standard InChI is InChI=1S/C18H16ClFN4O/c1-3-25-17-16(13-5-4-11(2)15(20)7-13)24-14(10-21-17)6-12-8-22-18(19)23-9-12/h4-5,7-10H,3,6H2,1-2H3. The first kappa shape index (κ1) is 17.2. The molecule has 25 heavy (non-hydrogen) atoms. The van der Waals surface area contributed by atoms with Crippen molar-refractivity contribution in [3.8, 4) is 17.1 Å². The SMILES string of the molecule is CCOc1ncc(Cc2cnc(Cl)nc2)nc1-c1ccc(C)c(F)c1. The predicted octanol–water partition coefficient (Wildman–Crippen LogP) is 4.02. The molecule has 0 bridgehead atoms. The van der Waals surface area contributed by atoms with Gasteiger partial charge in [-0.15, -0.1) is 0 Å². The van der Waals surface area contributed by atoms with Gasteiger partial charge in [0, 0.05) is 24.4 Å². The number of hydrogen-bond donors (Lipinski definition) is 0. The van der Waals surface area contributed by atoms with E-state index in [-0.39, 0.29) is 11.1 Å². The third-order valence-corrected chi connectivity index (χ3v) is 3.77. The van der Waals surface area contributed by atoms with Gasteiger partial charge in [0.2, 0.25) is 11.2 Å². The lowest BCUT2D eigenvalue weighted by Crippen LogP contribution is -2.03. The zero-order valence-corrected chi connectivity index (χ0v) is 14.6. The fourth-order valence-electron chi connectivity index (χ4n) is 2.31. The maximum Gasteiger partial charge on any atom is 0.240 e. The van der Waals surface area contributed by atoms with Crippen LogP contribution in [0, 0.1) is 12.7 Å². The van der Waals surface area contributed by atoms with E-state index in [4.69, 9.17) is 16.3 Å². The second kappa shape index (κ2) is 7.53.